The Labute approximate surface area is 237 Å². The van der Waals surface area contributed by atoms with Crippen LogP contribution in [0.2, 0.25) is 0 Å². The second-order valence-electron chi connectivity index (χ2n) is 9.50. The normalized spacial score (nSPS) is 14.9. The molecule has 0 bridgehead atoms. The second-order valence-corrected chi connectivity index (χ2v) is 10.3. The first-order valence-electron chi connectivity index (χ1n) is 14.5. The average Bonchev–Trinajstić information content (AvgIpc) is 3.53. The first-order valence-corrected chi connectivity index (χ1v) is 14.4. The first-order chi connectivity index (χ1) is 19.8. The van der Waals surface area contributed by atoms with Crippen LogP contribution in [0.3, 0.4) is 0 Å². The number of benzene rings is 2. The van der Waals surface area contributed by atoms with Crippen molar-refractivity contribution in [2.24, 2.45) is 0 Å². The van der Waals surface area contributed by atoms with Crippen LogP contribution in [-0.2, 0) is 16.1 Å². The van der Waals surface area contributed by atoms with E-state index in [-0.39, 0.29) is 25.3 Å². The minimum atomic E-state index is -1.91. The Kier molecular flexibility index (Phi) is 10.3. The van der Waals surface area contributed by atoms with Crippen LogP contribution >= 0.6 is 11.3 Å². The van der Waals surface area contributed by atoms with Gasteiger partial charge in [0.05, 0.1) is 19.8 Å². The summed E-state index contributed by atoms with van der Waals surface area (Å²) in [6, 6.07) is 16.8. The number of amides is 1. The molecular weight excluding hydrogens is 512 g/mol. The number of rotatable bonds is 15. The summed E-state index contributed by atoms with van der Waals surface area (Å²) in [4.78, 5) is 28.1. The highest BCUT2D eigenvalue weighted by atomic mass is 32.1. The lowest BCUT2D eigenvalue weighted by Gasteiger charge is -2.29. The molecule has 8 heteroatoms. The molecule has 1 amide bonds. The molecule has 2 aromatic carbocycles. The minimum Gasteiger partial charge on any atom is -0.493 e. The summed E-state index contributed by atoms with van der Waals surface area (Å²) in [6.07, 6.45) is 2.35. The SMILES string of the molecule is [2H]C([2H])(CCN1CCOCC1)N(Cc1ccccc1OCCCCCC(=O)O)C(=O)c1ccc(-c2ccsc2)cc1. The summed E-state index contributed by atoms with van der Waals surface area (Å²) < 4.78 is 29.5. The van der Waals surface area contributed by atoms with Crippen molar-refractivity contribution < 1.29 is 26.9 Å². The van der Waals surface area contributed by atoms with Crippen molar-refractivity contribution in [1.82, 2.24) is 9.80 Å². The Bertz CT molecular complexity index is 1250. The second kappa shape index (κ2) is 15.4. The van der Waals surface area contributed by atoms with Crippen molar-refractivity contribution in [2.45, 2.75) is 38.6 Å². The van der Waals surface area contributed by atoms with Gasteiger partial charge in [-0.05, 0) is 71.8 Å². The molecule has 2 heterocycles. The molecule has 0 spiro atoms. The standard InChI is InChI=1S/C31H38N2O5S/c34-30(35)9-2-1-5-19-38-29-8-4-3-7-27(29)23-33(16-6-15-32-17-20-37-21-18-32)31(36)26-12-10-25(11-13-26)28-14-22-39-24-28/h3-4,7-8,10-14,22,24H,1-2,5-6,9,15-21,23H2,(H,34,35)/i16D2. The predicted octanol–water partition coefficient (Wildman–Crippen LogP) is 5.80. The lowest BCUT2D eigenvalue weighted by molar-refractivity contribution is -0.137. The number of carbonyl (C=O) groups excluding carboxylic acids is 1. The molecule has 1 aliphatic rings. The number of ether oxygens (including phenoxy) is 2. The van der Waals surface area contributed by atoms with E-state index in [9.17, 15) is 9.59 Å². The molecule has 39 heavy (non-hydrogen) atoms. The van der Waals surface area contributed by atoms with Crippen LogP contribution < -0.4 is 4.74 Å². The smallest absolute Gasteiger partial charge is 0.303 e. The number of thiophene rings is 1. The maximum atomic E-state index is 13.9. The van der Waals surface area contributed by atoms with Crippen LogP contribution in [0.15, 0.2) is 65.4 Å². The molecule has 0 radical (unpaired) electrons. The van der Waals surface area contributed by atoms with Crippen molar-refractivity contribution in [3.63, 3.8) is 0 Å². The van der Waals surface area contributed by atoms with Crippen molar-refractivity contribution in [2.75, 3.05) is 46.0 Å². The van der Waals surface area contributed by atoms with Gasteiger partial charge in [-0.15, -0.1) is 0 Å². The van der Waals surface area contributed by atoms with Gasteiger partial charge in [-0.3, -0.25) is 14.5 Å². The van der Waals surface area contributed by atoms with Gasteiger partial charge in [-0.1, -0.05) is 30.3 Å². The number of aliphatic carboxylic acids is 1. The minimum absolute atomic E-state index is 0.0520. The first kappa shape index (κ1) is 26.0. The maximum absolute atomic E-state index is 13.9. The third-order valence-electron chi connectivity index (χ3n) is 6.66. The number of hydrogen-bond acceptors (Lipinski definition) is 6. The molecule has 0 saturated carbocycles. The van der Waals surface area contributed by atoms with E-state index in [1.807, 2.05) is 47.8 Å². The van der Waals surface area contributed by atoms with Gasteiger partial charge in [0.15, 0.2) is 0 Å². The molecule has 0 unspecified atom stereocenters. The Morgan fingerprint density at radius 2 is 1.79 bits per heavy atom. The highest BCUT2D eigenvalue weighted by Crippen LogP contribution is 2.25. The Morgan fingerprint density at radius 3 is 2.54 bits per heavy atom. The number of unbranched alkanes of at least 4 members (excludes halogenated alkanes) is 2. The largest absolute Gasteiger partial charge is 0.493 e. The molecule has 208 valence electrons. The van der Waals surface area contributed by atoms with E-state index < -0.39 is 12.5 Å². The number of para-hydroxylation sites is 1. The van der Waals surface area contributed by atoms with Gasteiger partial charge in [-0.25, -0.2) is 0 Å². The lowest BCUT2D eigenvalue weighted by atomic mass is 10.1. The summed E-state index contributed by atoms with van der Waals surface area (Å²) in [5, 5.41) is 12.9. The fourth-order valence-corrected chi connectivity index (χ4v) is 5.10. The zero-order chi connectivity index (χ0) is 29.1. The Balaban J connectivity index is 1.50. The molecular formula is C31H38N2O5S. The molecule has 0 atom stereocenters. The van der Waals surface area contributed by atoms with Gasteiger partial charge < -0.3 is 19.5 Å². The van der Waals surface area contributed by atoms with Crippen LogP contribution in [0.1, 0.15) is 50.8 Å². The lowest BCUT2D eigenvalue weighted by Crippen LogP contribution is -2.39. The molecule has 3 aromatic rings. The molecule has 1 aromatic heterocycles. The predicted molar refractivity (Wildman–Crippen MR) is 154 cm³/mol. The molecule has 1 aliphatic heterocycles. The number of carboxylic acids is 1. The summed E-state index contributed by atoms with van der Waals surface area (Å²) >= 11 is 1.61. The van der Waals surface area contributed by atoms with Crippen LogP contribution in [0.5, 0.6) is 5.75 Å². The number of carbonyl (C=O) groups is 2. The quantitative estimate of drug-likeness (QED) is 0.240. The number of morpholine rings is 1. The topological polar surface area (TPSA) is 79.3 Å². The number of nitrogens with zero attached hydrogens (tertiary/aromatic N) is 2. The third-order valence-corrected chi connectivity index (χ3v) is 7.34. The summed E-state index contributed by atoms with van der Waals surface area (Å²) in [5.74, 6) is -0.581. The van der Waals surface area contributed by atoms with E-state index in [2.05, 4.69) is 10.3 Å². The van der Waals surface area contributed by atoms with Gasteiger partial charge in [0, 0.05) is 53.0 Å². The van der Waals surface area contributed by atoms with Crippen molar-refractivity contribution in [3.8, 4) is 16.9 Å². The summed E-state index contributed by atoms with van der Waals surface area (Å²) in [6.45, 7) is 1.83. The summed E-state index contributed by atoms with van der Waals surface area (Å²) in [5.41, 5.74) is 3.24. The average molecular weight is 553 g/mol. The summed E-state index contributed by atoms with van der Waals surface area (Å²) in [7, 11) is 0. The van der Waals surface area contributed by atoms with Gasteiger partial charge in [-0.2, -0.15) is 11.3 Å². The fraction of sp³-hybridized carbons (Fsp3) is 0.419. The van der Waals surface area contributed by atoms with Crippen LogP contribution in [0.25, 0.3) is 11.1 Å². The van der Waals surface area contributed by atoms with E-state index in [0.717, 1.165) is 36.2 Å². The molecule has 0 aliphatic carbocycles. The van der Waals surface area contributed by atoms with Gasteiger partial charge in [0.1, 0.15) is 5.75 Å². The van der Waals surface area contributed by atoms with E-state index in [1.165, 1.54) is 4.90 Å². The molecule has 1 fully saturated rings. The molecule has 1 N–H and O–H groups in total. The fourth-order valence-electron chi connectivity index (χ4n) is 4.44. The number of hydrogen-bond donors (Lipinski definition) is 1. The monoisotopic (exact) mass is 552 g/mol. The highest BCUT2D eigenvalue weighted by molar-refractivity contribution is 7.08. The van der Waals surface area contributed by atoms with Gasteiger partial charge in [0.25, 0.3) is 5.91 Å². The Morgan fingerprint density at radius 1 is 1.00 bits per heavy atom. The van der Waals surface area contributed by atoms with Crippen LogP contribution in [0.4, 0.5) is 0 Å². The third kappa shape index (κ3) is 9.20. The zero-order valence-corrected chi connectivity index (χ0v) is 23.0. The number of carboxylic acid groups (broad SMARTS) is 1. The molecule has 7 nitrogen and oxygen atoms in total. The zero-order valence-electron chi connectivity index (χ0n) is 24.2. The maximum Gasteiger partial charge on any atom is 0.303 e. The molecule has 4 rings (SSSR count). The van der Waals surface area contributed by atoms with E-state index in [0.29, 0.717) is 50.5 Å². The van der Waals surface area contributed by atoms with Gasteiger partial charge in [0.2, 0.25) is 0 Å². The molecule has 1 saturated heterocycles. The van der Waals surface area contributed by atoms with Gasteiger partial charge >= 0.3 is 5.97 Å². The Hall–Kier alpha value is -3.20. The van der Waals surface area contributed by atoms with Crippen molar-refractivity contribution >= 4 is 23.2 Å². The van der Waals surface area contributed by atoms with Crippen LogP contribution in [-0.4, -0.2) is 72.7 Å². The van der Waals surface area contributed by atoms with E-state index in [4.69, 9.17) is 17.3 Å². The van der Waals surface area contributed by atoms with Crippen molar-refractivity contribution in [1.29, 1.82) is 0 Å². The highest BCUT2D eigenvalue weighted by Gasteiger charge is 2.19. The van der Waals surface area contributed by atoms with E-state index in [1.54, 1.807) is 23.5 Å². The van der Waals surface area contributed by atoms with Crippen LogP contribution in [0, 0.1) is 0 Å². The van der Waals surface area contributed by atoms with E-state index >= 15 is 0 Å². The van der Waals surface area contributed by atoms with Crippen molar-refractivity contribution in [3.05, 3.63) is 76.5 Å².